The van der Waals surface area contributed by atoms with Gasteiger partial charge in [0.2, 0.25) is 0 Å². The third-order valence-corrected chi connectivity index (χ3v) is 8.49. The Morgan fingerprint density at radius 1 is 0.486 bits per heavy atom. The molecular formula is C36H25N. The lowest BCUT2D eigenvalue weighted by atomic mass is 9.81. The van der Waals surface area contributed by atoms with Gasteiger partial charge in [-0.1, -0.05) is 105 Å². The van der Waals surface area contributed by atoms with Crippen molar-refractivity contribution in [2.24, 2.45) is 0 Å². The monoisotopic (exact) mass is 471 g/mol. The highest BCUT2D eigenvalue weighted by Crippen LogP contribution is 2.50. The van der Waals surface area contributed by atoms with Crippen molar-refractivity contribution >= 4 is 43.2 Å². The minimum absolute atomic E-state index is 0.0246. The number of hydrogen-bond donors (Lipinski definition) is 0. The van der Waals surface area contributed by atoms with E-state index in [1.54, 1.807) is 0 Å². The van der Waals surface area contributed by atoms with E-state index in [0.717, 1.165) is 5.52 Å². The Kier molecular flexibility index (Phi) is 4.06. The van der Waals surface area contributed by atoms with E-state index in [4.69, 9.17) is 4.98 Å². The number of rotatable bonds is 1. The van der Waals surface area contributed by atoms with Crippen LogP contribution in [0, 0.1) is 0 Å². The summed E-state index contributed by atoms with van der Waals surface area (Å²) < 4.78 is 0. The zero-order valence-corrected chi connectivity index (χ0v) is 20.9. The van der Waals surface area contributed by atoms with Gasteiger partial charge < -0.3 is 0 Å². The van der Waals surface area contributed by atoms with Crippen LogP contribution in [0.5, 0.6) is 0 Å². The molecule has 1 heterocycles. The zero-order valence-electron chi connectivity index (χ0n) is 20.9. The van der Waals surface area contributed by atoms with E-state index < -0.39 is 0 Å². The summed E-state index contributed by atoms with van der Waals surface area (Å²) >= 11 is 0. The molecule has 37 heavy (non-hydrogen) atoms. The molecule has 174 valence electrons. The maximum atomic E-state index is 4.82. The maximum absolute atomic E-state index is 4.82. The Hall–Kier alpha value is -4.49. The van der Waals surface area contributed by atoms with E-state index in [1.165, 1.54) is 71.1 Å². The lowest BCUT2D eigenvalue weighted by Gasteiger charge is -2.22. The molecule has 0 aliphatic heterocycles. The molecule has 0 saturated carbocycles. The smallest absolute Gasteiger partial charge is 0.0786 e. The molecule has 0 radical (unpaired) electrons. The number of benzene rings is 6. The second kappa shape index (κ2) is 7.27. The SMILES string of the molecule is CC1(C)c2ccccc2-c2ccc(-c3cc4c5ccccc5c5ncccc5c4c4ccccc34)cc21. The Labute approximate surface area is 216 Å². The minimum atomic E-state index is -0.0246. The first-order valence-electron chi connectivity index (χ1n) is 13.0. The molecule has 0 bridgehead atoms. The van der Waals surface area contributed by atoms with E-state index >= 15 is 0 Å². The van der Waals surface area contributed by atoms with Gasteiger partial charge in [0.05, 0.1) is 5.52 Å². The van der Waals surface area contributed by atoms with Gasteiger partial charge in [-0.15, -0.1) is 0 Å². The molecule has 7 aromatic rings. The van der Waals surface area contributed by atoms with Gasteiger partial charge in [-0.05, 0) is 78.5 Å². The second-order valence-electron chi connectivity index (χ2n) is 10.8. The Morgan fingerprint density at radius 2 is 1.16 bits per heavy atom. The van der Waals surface area contributed by atoms with Crippen molar-refractivity contribution in [3.63, 3.8) is 0 Å². The quantitative estimate of drug-likeness (QED) is 0.217. The van der Waals surface area contributed by atoms with Crippen LogP contribution in [-0.2, 0) is 5.41 Å². The predicted octanol–water partition coefficient (Wildman–Crippen LogP) is 9.67. The van der Waals surface area contributed by atoms with Crippen LogP contribution in [0.25, 0.3) is 65.5 Å². The molecule has 0 unspecified atom stereocenters. The van der Waals surface area contributed by atoms with Gasteiger partial charge in [-0.3, -0.25) is 4.98 Å². The Balaban J connectivity index is 1.50. The fourth-order valence-electron chi connectivity index (χ4n) is 6.73. The molecule has 8 rings (SSSR count). The van der Waals surface area contributed by atoms with E-state index in [9.17, 15) is 0 Å². The molecule has 0 saturated heterocycles. The highest BCUT2D eigenvalue weighted by molar-refractivity contribution is 6.32. The molecule has 1 aromatic heterocycles. The summed E-state index contributed by atoms with van der Waals surface area (Å²) in [4.78, 5) is 4.82. The van der Waals surface area contributed by atoms with E-state index in [1.807, 2.05) is 6.20 Å². The number of nitrogens with zero attached hydrogens (tertiary/aromatic N) is 1. The molecule has 0 fully saturated rings. The lowest BCUT2D eigenvalue weighted by Crippen LogP contribution is -2.14. The second-order valence-corrected chi connectivity index (χ2v) is 10.8. The van der Waals surface area contributed by atoms with Crippen LogP contribution < -0.4 is 0 Å². The molecular weight excluding hydrogens is 446 g/mol. The van der Waals surface area contributed by atoms with Gasteiger partial charge >= 0.3 is 0 Å². The number of hydrogen-bond acceptors (Lipinski definition) is 1. The summed E-state index contributed by atoms with van der Waals surface area (Å²) in [5.74, 6) is 0. The molecule has 1 aliphatic carbocycles. The molecule has 6 aromatic carbocycles. The molecule has 0 N–H and O–H groups in total. The number of fused-ring (bicyclic) bond motifs is 11. The van der Waals surface area contributed by atoms with E-state index in [-0.39, 0.29) is 5.41 Å². The summed E-state index contributed by atoms with van der Waals surface area (Å²) in [5, 5.41) is 8.81. The first kappa shape index (κ1) is 20.7. The fourth-order valence-corrected chi connectivity index (χ4v) is 6.73. The van der Waals surface area contributed by atoms with Crippen LogP contribution in [0.3, 0.4) is 0 Å². The third kappa shape index (κ3) is 2.72. The number of pyridine rings is 1. The fraction of sp³-hybridized carbons (Fsp3) is 0.0833. The summed E-state index contributed by atoms with van der Waals surface area (Å²) in [5.41, 5.74) is 9.14. The topological polar surface area (TPSA) is 12.9 Å². The van der Waals surface area contributed by atoms with Gasteiger partial charge in [-0.2, -0.15) is 0 Å². The van der Waals surface area contributed by atoms with Gasteiger partial charge in [-0.25, -0.2) is 0 Å². The van der Waals surface area contributed by atoms with Crippen LogP contribution in [-0.4, -0.2) is 4.98 Å². The van der Waals surface area contributed by atoms with Crippen LogP contribution in [0.4, 0.5) is 0 Å². The first-order chi connectivity index (χ1) is 18.1. The third-order valence-electron chi connectivity index (χ3n) is 8.49. The molecule has 0 amide bonds. The van der Waals surface area contributed by atoms with Gasteiger partial charge in [0.25, 0.3) is 0 Å². The van der Waals surface area contributed by atoms with Gasteiger partial charge in [0.1, 0.15) is 0 Å². The number of aromatic nitrogens is 1. The zero-order chi connectivity index (χ0) is 24.7. The van der Waals surface area contributed by atoms with E-state index in [2.05, 4.69) is 123 Å². The minimum Gasteiger partial charge on any atom is -0.256 e. The van der Waals surface area contributed by atoms with Crippen LogP contribution in [0.15, 0.2) is 115 Å². The highest BCUT2D eigenvalue weighted by atomic mass is 14.6. The standard InChI is InChI=1S/C36H25N/c1-36(2)32-16-8-7-12-25(32)26-18-17-22(20-33(26)36)30-21-31-24-11-4-6-14-28(24)35-29(15-9-19-37-35)34(31)27-13-5-3-10-23(27)30/h3-21H,1-2H3. The predicted molar refractivity (Wildman–Crippen MR) is 157 cm³/mol. The molecule has 1 aliphatic rings. The summed E-state index contributed by atoms with van der Waals surface area (Å²) in [6.45, 7) is 4.71. The Bertz CT molecular complexity index is 2060. The maximum Gasteiger partial charge on any atom is 0.0786 e. The van der Waals surface area contributed by atoms with E-state index in [0.29, 0.717) is 0 Å². The van der Waals surface area contributed by atoms with Crippen molar-refractivity contribution in [3.05, 3.63) is 127 Å². The van der Waals surface area contributed by atoms with Crippen molar-refractivity contribution in [1.29, 1.82) is 0 Å². The van der Waals surface area contributed by atoms with Crippen molar-refractivity contribution in [2.75, 3.05) is 0 Å². The average molecular weight is 472 g/mol. The van der Waals surface area contributed by atoms with Gasteiger partial charge in [0.15, 0.2) is 0 Å². The van der Waals surface area contributed by atoms with Crippen molar-refractivity contribution in [1.82, 2.24) is 4.98 Å². The highest BCUT2D eigenvalue weighted by Gasteiger charge is 2.35. The first-order valence-corrected chi connectivity index (χ1v) is 13.0. The largest absolute Gasteiger partial charge is 0.256 e. The summed E-state index contributed by atoms with van der Waals surface area (Å²) in [6.07, 6.45) is 1.90. The van der Waals surface area contributed by atoms with Gasteiger partial charge in [0, 0.05) is 22.4 Å². The van der Waals surface area contributed by atoms with Crippen molar-refractivity contribution in [3.8, 4) is 22.3 Å². The normalized spacial score (nSPS) is 13.9. The van der Waals surface area contributed by atoms with Crippen molar-refractivity contribution in [2.45, 2.75) is 19.3 Å². The molecule has 1 nitrogen and oxygen atoms in total. The lowest BCUT2D eigenvalue weighted by molar-refractivity contribution is 0.660. The van der Waals surface area contributed by atoms with Crippen LogP contribution in [0.1, 0.15) is 25.0 Å². The summed E-state index contributed by atoms with van der Waals surface area (Å²) in [7, 11) is 0. The average Bonchev–Trinajstić information content (AvgIpc) is 3.18. The Morgan fingerprint density at radius 3 is 2.03 bits per heavy atom. The molecule has 1 heteroatoms. The van der Waals surface area contributed by atoms with Crippen molar-refractivity contribution < 1.29 is 0 Å². The van der Waals surface area contributed by atoms with Crippen LogP contribution >= 0.6 is 0 Å². The summed E-state index contributed by atoms with van der Waals surface area (Å²) in [6, 6.07) is 40.2. The van der Waals surface area contributed by atoms with Crippen LogP contribution in [0.2, 0.25) is 0 Å². The molecule has 0 atom stereocenters. The molecule has 0 spiro atoms.